The third-order valence-electron chi connectivity index (χ3n) is 4.59. The molecule has 2 heteroatoms. The van der Waals surface area contributed by atoms with Crippen molar-refractivity contribution in [3.8, 4) is 0 Å². The van der Waals surface area contributed by atoms with E-state index >= 15 is 0 Å². The van der Waals surface area contributed by atoms with Gasteiger partial charge in [0.15, 0.2) is 0 Å². The minimum atomic E-state index is 0.239. The summed E-state index contributed by atoms with van der Waals surface area (Å²) in [5, 5.41) is 5.15. The summed E-state index contributed by atoms with van der Waals surface area (Å²) in [6.07, 6.45) is 7.23. The molecule has 0 radical (unpaired) electrons. The fraction of sp³-hybridized carbons (Fsp3) is 0.438. The summed E-state index contributed by atoms with van der Waals surface area (Å²) >= 11 is 0. The van der Waals surface area contributed by atoms with E-state index in [1.807, 2.05) is 6.20 Å². The van der Waals surface area contributed by atoms with Crippen molar-refractivity contribution in [1.29, 1.82) is 0 Å². The molecule has 1 aromatic carbocycles. The smallest absolute Gasteiger partial charge is 0.0705 e. The fourth-order valence-electron chi connectivity index (χ4n) is 3.63. The molecule has 1 atom stereocenters. The molecule has 2 aliphatic rings. The first-order chi connectivity index (χ1) is 8.90. The number of pyridine rings is 1. The summed E-state index contributed by atoms with van der Waals surface area (Å²) in [7, 11) is 0. The lowest BCUT2D eigenvalue weighted by Crippen LogP contribution is -2.39. The van der Waals surface area contributed by atoms with Gasteiger partial charge in [0, 0.05) is 17.1 Å². The monoisotopic (exact) mass is 238 g/mol. The third kappa shape index (κ3) is 1.42. The van der Waals surface area contributed by atoms with Gasteiger partial charge >= 0.3 is 0 Å². The van der Waals surface area contributed by atoms with Gasteiger partial charge in [-0.3, -0.25) is 4.98 Å². The highest BCUT2D eigenvalue weighted by atomic mass is 15.0. The maximum absolute atomic E-state index is 4.50. The van der Waals surface area contributed by atoms with Crippen molar-refractivity contribution in [3.05, 3.63) is 42.1 Å². The zero-order valence-electron chi connectivity index (χ0n) is 10.5. The van der Waals surface area contributed by atoms with Crippen molar-refractivity contribution in [2.45, 2.75) is 31.2 Å². The van der Waals surface area contributed by atoms with Gasteiger partial charge in [0.25, 0.3) is 0 Å². The van der Waals surface area contributed by atoms with Crippen LogP contribution in [0, 0.1) is 5.92 Å². The van der Waals surface area contributed by atoms with Gasteiger partial charge in [-0.1, -0.05) is 18.2 Å². The van der Waals surface area contributed by atoms with Crippen LogP contribution in [0.4, 0.5) is 0 Å². The first-order valence-electron chi connectivity index (χ1n) is 6.99. The van der Waals surface area contributed by atoms with E-state index in [0.717, 1.165) is 18.0 Å². The number of aromatic nitrogens is 1. The fourth-order valence-corrected chi connectivity index (χ4v) is 3.63. The van der Waals surface area contributed by atoms with Gasteiger partial charge in [-0.05, 0) is 55.8 Å². The summed E-state index contributed by atoms with van der Waals surface area (Å²) in [6.45, 7) is 1.16. The Morgan fingerprint density at radius 3 is 2.89 bits per heavy atom. The lowest BCUT2D eigenvalue weighted by atomic mass is 9.81. The second-order valence-electron chi connectivity index (χ2n) is 5.65. The van der Waals surface area contributed by atoms with E-state index in [1.165, 1.54) is 36.6 Å². The molecule has 0 amide bonds. The summed E-state index contributed by atoms with van der Waals surface area (Å²) in [5.74, 6) is 0.839. The van der Waals surface area contributed by atoms with E-state index in [4.69, 9.17) is 0 Å². The van der Waals surface area contributed by atoms with Crippen molar-refractivity contribution in [3.63, 3.8) is 0 Å². The van der Waals surface area contributed by atoms with Gasteiger partial charge in [-0.15, -0.1) is 0 Å². The summed E-state index contributed by atoms with van der Waals surface area (Å²) in [4.78, 5) is 4.50. The normalized spacial score (nSPS) is 27.8. The maximum Gasteiger partial charge on any atom is 0.0705 e. The number of fused-ring (bicyclic) bond motifs is 1. The van der Waals surface area contributed by atoms with Crippen LogP contribution in [-0.4, -0.2) is 11.5 Å². The number of nitrogens with one attached hydrogen (secondary N) is 1. The Bertz CT molecular complexity index is 575. The molecule has 1 aromatic heterocycles. The molecule has 1 aliphatic carbocycles. The second-order valence-corrected chi connectivity index (χ2v) is 5.65. The van der Waals surface area contributed by atoms with Gasteiger partial charge in [-0.2, -0.15) is 0 Å². The van der Waals surface area contributed by atoms with Crippen molar-refractivity contribution < 1.29 is 0 Å². The summed E-state index contributed by atoms with van der Waals surface area (Å²) in [5.41, 5.74) is 2.85. The molecule has 0 bridgehead atoms. The van der Waals surface area contributed by atoms with Gasteiger partial charge in [0.2, 0.25) is 0 Å². The Morgan fingerprint density at radius 2 is 2.11 bits per heavy atom. The van der Waals surface area contributed by atoms with Crippen LogP contribution in [0.15, 0.2) is 36.5 Å². The van der Waals surface area contributed by atoms with Crippen molar-refractivity contribution >= 4 is 10.9 Å². The second kappa shape index (κ2) is 3.79. The van der Waals surface area contributed by atoms with E-state index in [0.29, 0.717) is 0 Å². The predicted molar refractivity (Wildman–Crippen MR) is 73.4 cm³/mol. The van der Waals surface area contributed by atoms with Gasteiger partial charge < -0.3 is 5.32 Å². The van der Waals surface area contributed by atoms with E-state index < -0.39 is 0 Å². The molecule has 18 heavy (non-hydrogen) atoms. The van der Waals surface area contributed by atoms with Crippen LogP contribution in [0.25, 0.3) is 10.9 Å². The van der Waals surface area contributed by atoms with Crippen LogP contribution >= 0.6 is 0 Å². The molecule has 2 aromatic rings. The highest BCUT2D eigenvalue weighted by Crippen LogP contribution is 2.51. The molecule has 2 nitrogen and oxygen atoms in total. The lowest BCUT2D eigenvalue weighted by molar-refractivity contribution is 0.339. The van der Waals surface area contributed by atoms with E-state index in [9.17, 15) is 0 Å². The lowest BCUT2D eigenvalue weighted by Gasteiger charge is -2.31. The van der Waals surface area contributed by atoms with Crippen LogP contribution < -0.4 is 5.32 Å². The Balaban J connectivity index is 1.95. The zero-order valence-corrected chi connectivity index (χ0v) is 10.5. The average Bonchev–Trinajstić information content (AvgIpc) is 3.17. The number of benzene rings is 1. The molecular formula is C16H18N2. The van der Waals surface area contributed by atoms with Gasteiger partial charge in [0.05, 0.1) is 5.52 Å². The highest BCUT2D eigenvalue weighted by molar-refractivity contribution is 5.83. The van der Waals surface area contributed by atoms with E-state index in [2.05, 4.69) is 40.6 Å². The minimum absolute atomic E-state index is 0.239. The van der Waals surface area contributed by atoms with Crippen molar-refractivity contribution in [2.75, 3.05) is 6.54 Å². The third-order valence-corrected chi connectivity index (χ3v) is 4.59. The first-order valence-corrected chi connectivity index (χ1v) is 6.99. The molecule has 2 fully saturated rings. The van der Waals surface area contributed by atoms with Crippen LogP contribution in [0.2, 0.25) is 0 Å². The Labute approximate surface area is 107 Å². The zero-order chi connectivity index (χ0) is 12.0. The standard InChI is InChI=1S/C16H18N2/c1-5-14(13-4-2-10-17-15(13)6-1)16(12-7-8-12)9-3-11-18-16/h1-2,4-6,10,12,18H,3,7-9,11H2. The summed E-state index contributed by atoms with van der Waals surface area (Å²) in [6, 6.07) is 10.9. The molecule has 92 valence electrons. The van der Waals surface area contributed by atoms with Crippen molar-refractivity contribution in [2.24, 2.45) is 5.92 Å². The molecular weight excluding hydrogens is 220 g/mol. The summed E-state index contributed by atoms with van der Waals surface area (Å²) < 4.78 is 0. The van der Waals surface area contributed by atoms with Gasteiger partial charge in [0.1, 0.15) is 0 Å². The molecule has 1 saturated carbocycles. The van der Waals surface area contributed by atoms with Crippen LogP contribution in [-0.2, 0) is 5.54 Å². The van der Waals surface area contributed by atoms with Crippen molar-refractivity contribution in [1.82, 2.24) is 10.3 Å². The molecule has 1 aliphatic heterocycles. The molecule has 1 unspecified atom stereocenters. The molecule has 1 N–H and O–H groups in total. The Morgan fingerprint density at radius 1 is 1.17 bits per heavy atom. The predicted octanol–water partition coefficient (Wildman–Crippen LogP) is 3.22. The molecule has 1 saturated heterocycles. The van der Waals surface area contributed by atoms with Crippen LogP contribution in [0.3, 0.4) is 0 Å². The number of hydrogen-bond acceptors (Lipinski definition) is 2. The SMILES string of the molecule is c1cc(C2(C3CC3)CCCN2)c2cccnc2c1. The Kier molecular flexibility index (Phi) is 2.21. The highest BCUT2D eigenvalue weighted by Gasteiger charge is 2.48. The average molecular weight is 238 g/mol. The molecule has 0 spiro atoms. The number of nitrogens with zero attached hydrogens (tertiary/aromatic N) is 1. The topological polar surface area (TPSA) is 24.9 Å². The minimum Gasteiger partial charge on any atom is -0.307 e. The molecule has 4 rings (SSSR count). The Hall–Kier alpha value is -1.41. The van der Waals surface area contributed by atoms with E-state index in [1.54, 1.807) is 0 Å². The number of hydrogen-bond donors (Lipinski definition) is 1. The largest absolute Gasteiger partial charge is 0.307 e. The van der Waals surface area contributed by atoms with Crippen LogP contribution in [0.1, 0.15) is 31.2 Å². The van der Waals surface area contributed by atoms with Gasteiger partial charge in [-0.25, -0.2) is 0 Å². The maximum atomic E-state index is 4.50. The molecule has 2 heterocycles. The first kappa shape index (κ1) is 10.5. The van der Waals surface area contributed by atoms with E-state index in [-0.39, 0.29) is 5.54 Å². The van der Waals surface area contributed by atoms with Crippen LogP contribution in [0.5, 0.6) is 0 Å². The number of rotatable bonds is 2. The quantitative estimate of drug-likeness (QED) is 0.869.